The molecule has 0 saturated heterocycles. The number of hydrogen-bond acceptors (Lipinski definition) is 4. The van der Waals surface area contributed by atoms with Crippen LogP contribution in [0.2, 0.25) is 0 Å². The van der Waals surface area contributed by atoms with E-state index in [0.717, 1.165) is 34.0 Å². The zero-order chi connectivity index (χ0) is 20.0. The van der Waals surface area contributed by atoms with Crippen molar-refractivity contribution in [1.29, 1.82) is 0 Å². The molecule has 138 valence electrons. The fraction of sp³-hybridized carbons (Fsp3) is 0.0909. The Hall–Kier alpha value is -2.37. The molecule has 0 aliphatic carbocycles. The van der Waals surface area contributed by atoms with Crippen LogP contribution in [0.3, 0.4) is 0 Å². The Morgan fingerprint density at radius 3 is 1.93 bits per heavy atom. The summed E-state index contributed by atoms with van der Waals surface area (Å²) in [5.41, 5.74) is 2.52. The van der Waals surface area contributed by atoms with Crippen LogP contribution in [0.15, 0.2) is 76.6 Å². The molecule has 27 heavy (non-hydrogen) atoms. The average molecular weight is 399 g/mol. The van der Waals surface area contributed by atoms with E-state index in [0.29, 0.717) is 16.7 Å². The highest BCUT2D eigenvalue weighted by atomic mass is 32.2. The van der Waals surface area contributed by atoms with Crippen LogP contribution in [-0.4, -0.2) is 10.2 Å². The van der Waals surface area contributed by atoms with Crippen molar-refractivity contribution in [3.8, 4) is 0 Å². The minimum atomic E-state index is -0.443. The van der Waals surface area contributed by atoms with Crippen LogP contribution < -0.4 is 0 Å². The number of carbonyl (C=O) groups excluding carboxylic acids is 2. The smallest absolute Gasteiger partial charge is 0.219 e. The fourth-order valence-corrected chi connectivity index (χ4v) is 3.25. The molecule has 2 nitrogen and oxygen atoms in total. The van der Waals surface area contributed by atoms with E-state index in [1.54, 1.807) is 32.1 Å². The molecule has 0 heterocycles. The van der Waals surface area contributed by atoms with Gasteiger partial charge in [-0.15, -0.1) is 0 Å². The quantitative estimate of drug-likeness (QED) is 0.321. The molecule has 0 saturated carbocycles. The van der Waals surface area contributed by atoms with Gasteiger partial charge in [-0.1, -0.05) is 43.5 Å². The third kappa shape index (κ3) is 6.38. The minimum absolute atomic E-state index is 0.0585. The van der Waals surface area contributed by atoms with E-state index in [-0.39, 0.29) is 15.1 Å². The molecule has 2 aromatic rings. The molecule has 0 aromatic heterocycles. The summed E-state index contributed by atoms with van der Waals surface area (Å²) in [5, 5.41) is -0.308. The number of benzene rings is 2. The second-order valence-electron chi connectivity index (χ2n) is 5.93. The maximum atomic E-state index is 14.2. The van der Waals surface area contributed by atoms with Crippen LogP contribution in [0.1, 0.15) is 25.0 Å². The molecule has 0 atom stereocenters. The Kier molecular flexibility index (Phi) is 7.39. The molecular formula is C22H19FO2S2. The summed E-state index contributed by atoms with van der Waals surface area (Å²) in [4.78, 5) is 24.4. The first-order valence-corrected chi connectivity index (χ1v) is 9.72. The van der Waals surface area contributed by atoms with Crippen molar-refractivity contribution in [1.82, 2.24) is 0 Å². The molecule has 2 rings (SSSR count). The highest BCUT2D eigenvalue weighted by Gasteiger charge is 2.10. The number of rotatable bonds is 6. The molecule has 5 heteroatoms. The molecule has 0 N–H and O–H groups in total. The van der Waals surface area contributed by atoms with Crippen LogP contribution in [0, 0.1) is 5.82 Å². The molecule has 0 aliphatic rings. The summed E-state index contributed by atoms with van der Waals surface area (Å²) in [7, 11) is 0. The molecule has 0 bridgehead atoms. The third-order valence-electron chi connectivity index (χ3n) is 3.41. The Labute approximate surface area is 167 Å². The van der Waals surface area contributed by atoms with E-state index >= 15 is 0 Å². The Balaban J connectivity index is 2.06. The van der Waals surface area contributed by atoms with Crippen molar-refractivity contribution in [3.63, 3.8) is 0 Å². The second-order valence-corrected chi connectivity index (χ2v) is 7.99. The molecule has 0 fully saturated rings. The van der Waals surface area contributed by atoms with Crippen molar-refractivity contribution in [3.05, 3.63) is 83.7 Å². The SMILES string of the molecule is C=C(C)C(=O)Sc1ccc(/C=C/c2ccc(SC(=O)C(=C)C)c(F)c2)cc1. The Bertz CT molecular complexity index is 928. The van der Waals surface area contributed by atoms with Gasteiger partial charge in [-0.3, -0.25) is 9.59 Å². The average Bonchev–Trinajstić information content (AvgIpc) is 2.62. The van der Waals surface area contributed by atoms with Crippen molar-refractivity contribution in [2.75, 3.05) is 0 Å². The Morgan fingerprint density at radius 2 is 1.37 bits per heavy atom. The predicted molar refractivity (Wildman–Crippen MR) is 113 cm³/mol. The van der Waals surface area contributed by atoms with Gasteiger partial charge in [0.15, 0.2) is 0 Å². The van der Waals surface area contributed by atoms with Gasteiger partial charge in [0.2, 0.25) is 10.2 Å². The van der Waals surface area contributed by atoms with E-state index in [9.17, 15) is 14.0 Å². The van der Waals surface area contributed by atoms with Crippen molar-refractivity contribution in [2.45, 2.75) is 23.6 Å². The van der Waals surface area contributed by atoms with Crippen LogP contribution in [0.25, 0.3) is 12.2 Å². The summed E-state index contributed by atoms with van der Waals surface area (Å²) >= 11 is 1.97. The molecule has 0 spiro atoms. The van der Waals surface area contributed by atoms with E-state index in [2.05, 4.69) is 13.2 Å². The lowest BCUT2D eigenvalue weighted by molar-refractivity contribution is -0.108. The maximum Gasteiger partial charge on any atom is 0.219 e. The van der Waals surface area contributed by atoms with E-state index in [4.69, 9.17) is 0 Å². The van der Waals surface area contributed by atoms with Crippen molar-refractivity contribution >= 4 is 45.9 Å². The lowest BCUT2D eigenvalue weighted by Gasteiger charge is -2.03. The van der Waals surface area contributed by atoms with Gasteiger partial charge >= 0.3 is 0 Å². The highest BCUT2D eigenvalue weighted by Crippen LogP contribution is 2.26. The minimum Gasteiger partial charge on any atom is -0.282 e. The van der Waals surface area contributed by atoms with Crippen molar-refractivity contribution < 1.29 is 14.0 Å². The van der Waals surface area contributed by atoms with Gasteiger partial charge in [0.1, 0.15) is 5.82 Å². The first-order valence-electron chi connectivity index (χ1n) is 8.09. The normalized spacial score (nSPS) is 10.8. The number of carbonyl (C=O) groups is 2. The van der Waals surface area contributed by atoms with Gasteiger partial charge < -0.3 is 0 Å². The fourth-order valence-electron chi connectivity index (χ4n) is 1.92. The van der Waals surface area contributed by atoms with Gasteiger partial charge in [-0.05, 0) is 83.9 Å². The first kappa shape index (κ1) is 20.9. The lowest BCUT2D eigenvalue weighted by atomic mass is 10.1. The Morgan fingerprint density at radius 1 is 0.852 bits per heavy atom. The summed E-state index contributed by atoms with van der Waals surface area (Å²) in [6.07, 6.45) is 3.65. The standard InChI is InChI=1S/C22H19FO2S2/c1-14(2)21(24)26-18-10-7-16(8-11-18)5-6-17-9-12-20(19(23)13-17)27-22(25)15(3)4/h5-13H,1,3H2,2,4H3/b6-5+. The lowest BCUT2D eigenvalue weighted by Crippen LogP contribution is -1.93. The largest absolute Gasteiger partial charge is 0.282 e. The molecule has 0 radical (unpaired) electrons. The van der Waals surface area contributed by atoms with E-state index < -0.39 is 5.82 Å². The molecule has 0 unspecified atom stereocenters. The molecule has 0 amide bonds. The molecule has 2 aromatic carbocycles. The zero-order valence-corrected chi connectivity index (χ0v) is 16.8. The van der Waals surface area contributed by atoms with Crippen LogP contribution >= 0.6 is 23.5 Å². The second kappa shape index (κ2) is 9.53. The van der Waals surface area contributed by atoms with Gasteiger partial charge in [0.05, 0.1) is 4.90 Å². The molecular weight excluding hydrogens is 379 g/mol. The summed E-state index contributed by atoms with van der Waals surface area (Å²) in [6, 6.07) is 12.2. The van der Waals surface area contributed by atoms with Crippen LogP contribution in [0.4, 0.5) is 4.39 Å². The number of halogens is 1. The highest BCUT2D eigenvalue weighted by molar-refractivity contribution is 8.14. The monoisotopic (exact) mass is 398 g/mol. The van der Waals surface area contributed by atoms with E-state index in [1.165, 1.54) is 6.07 Å². The van der Waals surface area contributed by atoms with Gasteiger partial charge in [-0.25, -0.2) is 4.39 Å². The maximum absolute atomic E-state index is 14.2. The number of thioether (sulfide) groups is 2. The van der Waals surface area contributed by atoms with Gasteiger partial charge in [0, 0.05) is 4.90 Å². The van der Waals surface area contributed by atoms with Crippen LogP contribution in [0.5, 0.6) is 0 Å². The predicted octanol–water partition coefficient (Wildman–Crippen LogP) is 6.39. The third-order valence-corrected chi connectivity index (χ3v) is 5.54. The van der Waals surface area contributed by atoms with Gasteiger partial charge in [-0.2, -0.15) is 0 Å². The first-order chi connectivity index (χ1) is 12.8. The zero-order valence-electron chi connectivity index (χ0n) is 15.1. The summed E-state index contributed by atoms with van der Waals surface area (Å²) in [5.74, 6) is -0.443. The van der Waals surface area contributed by atoms with Crippen molar-refractivity contribution in [2.24, 2.45) is 0 Å². The number of hydrogen-bond donors (Lipinski definition) is 0. The summed E-state index contributed by atoms with van der Waals surface area (Å²) < 4.78 is 14.2. The summed E-state index contributed by atoms with van der Waals surface area (Å²) in [6.45, 7) is 10.5. The topological polar surface area (TPSA) is 34.1 Å². The van der Waals surface area contributed by atoms with Gasteiger partial charge in [0.25, 0.3) is 0 Å². The molecule has 0 aliphatic heterocycles. The van der Waals surface area contributed by atoms with E-state index in [1.807, 2.05) is 30.3 Å². The van der Waals surface area contributed by atoms with Crippen LogP contribution in [-0.2, 0) is 9.59 Å².